The Hall–Kier alpha value is -0.820. The third-order valence-corrected chi connectivity index (χ3v) is 4.16. The normalized spacial score (nSPS) is 10.9. The van der Waals surface area contributed by atoms with Gasteiger partial charge < -0.3 is 5.32 Å². The summed E-state index contributed by atoms with van der Waals surface area (Å²) in [6.45, 7) is 4.50. The summed E-state index contributed by atoms with van der Waals surface area (Å²) in [5.74, 6) is 0. The van der Waals surface area contributed by atoms with E-state index in [0.29, 0.717) is 0 Å². The third kappa shape index (κ3) is 11.5. The Balaban J connectivity index is 1.75. The zero-order valence-corrected chi connectivity index (χ0v) is 14.1. The van der Waals surface area contributed by atoms with Crippen molar-refractivity contribution < 1.29 is 0 Å². The topological polar surface area (TPSA) is 12.0 Å². The zero-order chi connectivity index (χ0) is 15.0. The van der Waals surface area contributed by atoms with Gasteiger partial charge in [-0.05, 0) is 37.9 Å². The first-order valence-corrected chi connectivity index (χ1v) is 9.18. The van der Waals surface area contributed by atoms with Crippen LogP contribution in [0.25, 0.3) is 0 Å². The molecular formula is C20H35N. The predicted molar refractivity (Wildman–Crippen MR) is 94.9 cm³/mol. The summed E-state index contributed by atoms with van der Waals surface area (Å²) in [7, 11) is 0. The second-order valence-electron chi connectivity index (χ2n) is 6.12. The van der Waals surface area contributed by atoms with E-state index in [-0.39, 0.29) is 0 Å². The van der Waals surface area contributed by atoms with Crippen molar-refractivity contribution >= 4 is 0 Å². The van der Waals surface area contributed by atoms with Crippen LogP contribution in [0.5, 0.6) is 0 Å². The number of benzene rings is 1. The average Bonchev–Trinajstić information content (AvgIpc) is 2.53. The Morgan fingerprint density at radius 2 is 1.19 bits per heavy atom. The molecule has 0 saturated carbocycles. The van der Waals surface area contributed by atoms with Gasteiger partial charge in [0.15, 0.2) is 0 Å². The quantitative estimate of drug-likeness (QED) is 0.431. The minimum Gasteiger partial charge on any atom is -0.317 e. The van der Waals surface area contributed by atoms with Gasteiger partial charge in [-0.2, -0.15) is 0 Å². The van der Waals surface area contributed by atoms with Gasteiger partial charge in [-0.3, -0.25) is 0 Å². The highest BCUT2D eigenvalue weighted by Gasteiger charge is 1.94. The van der Waals surface area contributed by atoms with Crippen molar-refractivity contribution in [1.82, 2.24) is 5.32 Å². The first kappa shape index (κ1) is 18.2. The number of aryl methyl sites for hydroxylation is 1. The number of rotatable bonds is 14. The monoisotopic (exact) mass is 289 g/mol. The molecule has 1 aromatic carbocycles. The molecule has 0 atom stereocenters. The molecule has 21 heavy (non-hydrogen) atoms. The van der Waals surface area contributed by atoms with Crippen molar-refractivity contribution in [2.45, 2.75) is 77.6 Å². The standard InChI is InChI=1S/C20H35N/c1-2-21-19-15-10-8-6-4-3-5-7-9-12-16-20-17-13-11-14-18-20/h11,13-14,17-18,21H,2-10,12,15-16,19H2,1H3. The van der Waals surface area contributed by atoms with Gasteiger partial charge >= 0.3 is 0 Å². The summed E-state index contributed by atoms with van der Waals surface area (Å²) in [5.41, 5.74) is 1.50. The van der Waals surface area contributed by atoms with Crippen LogP contribution in [-0.4, -0.2) is 13.1 Å². The molecule has 0 unspecified atom stereocenters. The van der Waals surface area contributed by atoms with E-state index in [1.807, 2.05) is 0 Å². The molecule has 0 saturated heterocycles. The molecule has 1 rings (SSSR count). The largest absolute Gasteiger partial charge is 0.317 e. The molecule has 1 aromatic rings. The molecule has 0 spiro atoms. The lowest BCUT2D eigenvalue weighted by atomic mass is 10.0. The van der Waals surface area contributed by atoms with Crippen LogP contribution in [0.15, 0.2) is 30.3 Å². The molecular weight excluding hydrogens is 254 g/mol. The van der Waals surface area contributed by atoms with Crippen LogP contribution < -0.4 is 5.32 Å². The number of hydrogen-bond acceptors (Lipinski definition) is 1. The van der Waals surface area contributed by atoms with Crippen molar-refractivity contribution in [2.75, 3.05) is 13.1 Å². The summed E-state index contributed by atoms with van der Waals surface area (Å²) >= 11 is 0. The molecule has 0 aliphatic heterocycles. The smallest absolute Gasteiger partial charge is 0.00490 e. The summed E-state index contributed by atoms with van der Waals surface area (Å²) in [5, 5.41) is 3.39. The van der Waals surface area contributed by atoms with Gasteiger partial charge in [0.25, 0.3) is 0 Å². The van der Waals surface area contributed by atoms with Gasteiger partial charge in [0, 0.05) is 0 Å². The summed E-state index contributed by atoms with van der Waals surface area (Å²) in [6.07, 6.45) is 15.4. The van der Waals surface area contributed by atoms with E-state index in [1.165, 1.54) is 82.7 Å². The molecule has 0 amide bonds. The van der Waals surface area contributed by atoms with Crippen molar-refractivity contribution in [3.63, 3.8) is 0 Å². The van der Waals surface area contributed by atoms with Crippen molar-refractivity contribution in [3.05, 3.63) is 35.9 Å². The molecule has 0 aliphatic carbocycles. The molecule has 120 valence electrons. The molecule has 0 aromatic heterocycles. The van der Waals surface area contributed by atoms with Gasteiger partial charge in [0.2, 0.25) is 0 Å². The Labute approximate surface area is 132 Å². The van der Waals surface area contributed by atoms with Gasteiger partial charge in [0.05, 0.1) is 0 Å². The van der Waals surface area contributed by atoms with Crippen LogP contribution in [0, 0.1) is 0 Å². The van der Waals surface area contributed by atoms with Crippen LogP contribution in [0.2, 0.25) is 0 Å². The fourth-order valence-electron chi connectivity index (χ4n) is 2.81. The van der Waals surface area contributed by atoms with Crippen LogP contribution in [-0.2, 0) is 6.42 Å². The van der Waals surface area contributed by atoms with Crippen LogP contribution >= 0.6 is 0 Å². The van der Waals surface area contributed by atoms with Crippen LogP contribution in [0.3, 0.4) is 0 Å². The second kappa shape index (κ2) is 14.1. The first-order valence-electron chi connectivity index (χ1n) is 9.18. The molecule has 0 aliphatic rings. The number of unbranched alkanes of at least 4 members (excludes halogenated alkanes) is 9. The van der Waals surface area contributed by atoms with Gasteiger partial charge in [-0.25, -0.2) is 0 Å². The van der Waals surface area contributed by atoms with E-state index in [9.17, 15) is 0 Å². The Kier molecular flexibility index (Phi) is 12.3. The highest BCUT2D eigenvalue weighted by Crippen LogP contribution is 2.12. The number of nitrogens with one attached hydrogen (secondary N) is 1. The van der Waals surface area contributed by atoms with Crippen molar-refractivity contribution in [1.29, 1.82) is 0 Å². The minimum atomic E-state index is 1.12. The van der Waals surface area contributed by atoms with E-state index in [1.54, 1.807) is 0 Å². The third-order valence-electron chi connectivity index (χ3n) is 4.16. The average molecular weight is 290 g/mol. The molecule has 1 heteroatoms. The molecule has 0 fully saturated rings. The first-order chi connectivity index (χ1) is 10.4. The second-order valence-corrected chi connectivity index (χ2v) is 6.12. The van der Waals surface area contributed by atoms with Crippen LogP contribution in [0.4, 0.5) is 0 Å². The molecule has 0 heterocycles. The van der Waals surface area contributed by atoms with E-state index >= 15 is 0 Å². The highest BCUT2D eigenvalue weighted by atomic mass is 14.8. The van der Waals surface area contributed by atoms with Gasteiger partial charge in [-0.1, -0.05) is 88.6 Å². The zero-order valence-electron chi connectivity index (χ0n) is 14.1. The lowest BCUT2D eigenvalue weighted by Gasteiger charge is -2.04. The minimum absolute atomic E-state index is 1.12. The molecule has 1 N–H and O–H groups in total. The highest BCUT2D eigenvalue weighted by molar-refractivity contribution is 5.14. The lowest BCUT2D eigenvalue weighted by Crippen LogP contribution is -2.13. The van der Waals surface area contributed by atoms with E-state index in [4.69, 9.17) is 0 Å². The van der Waals surface area contributed by atoms with Crippen molar-refractivity contribution in [2.24, 2.45) is 0 Å². The maximum absolute atomic E-state index is 3.39. The predicted octanol–water partition coefficient (Wildman–Crippen LogP) is 5.74. The van der Waals surface area contributed by atoms with Gasteiger partial charge in [0.1, 0.15) is 0 Å². The Morgan fingerprint density at radius 3 is 1.76 bits per heavy atom. The Morgan fingerprint density at radius 1 is 0.667 bits per heavy atom. The molecule has 0 bridgehead atoms. The maximum Gasteiger partial charge on any atom is -0.00490 e. The van der Waals surface area contributed by atoms with Crippen molar-refractivity contribution in [3.8, 4) is 0 Å². The summed E-state index contributed by atoms with van der Waals surface area (Å²) in [6, 6.07) is 10.9. The summed E-state index contributed by atoms with van der Waals surface area (Å²) < 4.78 is 0. The lowest BCUT2D eigenvalue weighted by molar-refractivity contribution is 0.543. The van der Waals surface area contributed by atoms with E-state index in [0.717, 1.165) is 6.54 Å². The fourth-order valence-corrected chi connectivity index (χ4v) is 2.81. The molecule has 0 radical (unpaired) electrons. The SMILES string of the molecule is CCNCCCCCCCCCCCCc1ccccc1. The summed E-state index contributed by atoms with van der Waals surface area (Å²) in [4.78, 5) is 0. The maximum atomic E-state index is 3.39. The van der Waals surface area contributed by atoms with Crippen LogP contribution in [0.1, 0.15) is 76.7 Å². The molecule has 1 nitrogen and oxygen atoms in total. The Bertz CT molecular complexity index is 307. The number of hydrogen-bond donors (Lipinski definition) is 1. The van der Waals surface area contributed by atoms with E-state index in [2.05, 4.69) is 42.6 Å². The van der Waals surface area contributed by atoms with E-state index < -0.39 is 0 Å². The fraction of sp³-hybridized carbons (Fsp3) is 0.700. The van der Waals surface area contributed by atoms with Gasteiger partial charge in [-0.15, -0.1) is 0 Å².